The van der Waals surface area contributed by atoms with Gasteiger partial charge in [-0.25, -0.2) is 0 Å². The van der Waals surface area contributed by atoms with E-state index in [0.717, 1.165) is 6.42 Å². The first-order valence-corrected chi connectivity index (χ1v) is 7.99. The molecule has 1 heteroatoms. The van der Waals surface area contributed by atoms with Crippen molar-refractivity contribution in [2.75, 3.05) is 0 Å². The molecule has 3 rings (SSSR count). The van der Waals surface area contributed by atoms with E-state index in [4.69, 9.17) is 0 Å². The van der Waals surface area contributed by atoms with Crippen LogP contribution in [0.5, 0.6) is 0 Å². The molecule has 98 valence electrons. The van der Waals surface area contributed by atoms with Gasteiger partial charge < -0.3 is 0 Å². The summed E-state index contributed by atoms with van der Waals surface area (Å²) < 4.78 is 0. The number of hydrogen-bond acceptors (Lipinski definition) is 0. The van der Waals surface area contributed by atoms with Crippen LogP contribution in [0.4, 0.5) is 0 Å². The lowest BCUT2D eigenvalue weighted by molar-refractivity contribution is 0.554. The van der Waals surface area contributed by atoms with Gasteiger partial charge >= 0.3 is 0 Å². The van der Waals surface area contributed by atoms with Crippen molar-refractivity contribution < 1.29 is 0 Å². The maximum atomic E-state index is 3.92. The van der Waals surface area contributed by atoms with Gasteiger partial charge in [-0.2, -0.15) is 0 Å². The molecule has 0 N–H and O–H groups in total. The van der Waals surface area contributed by atoms with Crippen molar-refractivity contribution in [1.82, 2.24) is 0 Å². The predicted molar refractivity (Wildman–Crippen MR) is 84.8 cm³/mol. The van der Waals surface area contributed by atoms with E-state index in [1.807, 2.05) is 0 Å². The maximum Gasteiger partial charge on any atom is 0.0429 e. The van der Waals surface area contributed by atoms with Gasteiger partial charge in [-0.3, -0.25) is 0 Å². The zero-order chi connectivity index (χ0) is 13.2. The van der Waals surface area contributed by atoms with Crippen LogP contribution in [0, 0.1) is 5.92 Å². The highest BCUT2D eigenvalue weighted by atomic mass is 79.9. The zero-order valence-electron chi connectivity index (χ0n) is 11.3. The zero-order valence-corrected chi connectivity index (χ0v) is 12.9. The van der Waals surface area contributed by atoms with Crippen LogP contribution in [0.2, 0.25) is 0 Å². The normalized spacial score (nSPS) is 16.3. The fraction of sp³-hybridized carbons (Fsp3) is 0.333. The topological polar surface area (TPSA) is 0 Å². The second kappa shape index (κ2) is 5.50. The van der Waals surface area contributed by atoms with E-state index < -0.39 is 0 Å². The van der Waals surface area contributed by atoms with E-state index >= 15 is 0 Å². The van der Waals surface area contributed by atoms with Gasteiger partial charge in [-0.05, 0) is 47.4 Å². The number of hydrogen-bond donors (Lipinski definition) is 0. The molecule has 0 fully saturated rings. The van der Waals surface area contributed by atoms with Crippen molar-refractivity contribution in [3.63, 3.8) is 0 Å². The van der Waals surface area contributed by atoms with Crippen molar-refractivity contribution in [2.45, 2.75) is 31.0 Å². The van der Waals surface area contributed by atoms with Crippen molar-refractivity contribution in [2.24, 2.45) is 5.92 Å². The van der Waals surface area contributed by atoms with Crippen LogP contribution in [-0.4, -0.2) is 0 Å². The second-order valence-corrected chi connectivity index (χ2v) is 6.42. The monoisotopic (exact) mass is 314 g/mol. The summed E-state index contributed by atoms with van der Waals surface area (Å²) in [6.07, 6.45) is 3.51. The fourth-order valence-electron chi connectivity index (χ4n) is 3.01. The van der Waals surface area contributed by atoms with Crippen LogP contribution in [0.15, 0.2) is 48.5 Å². The van der Waals surface area contributed by atoms with Gasteiger partial charge in [-0.15, -0.1) is 0 Å². The first-order valence-electron chi connectivity index (χ1n) is 7.07. The minimum atomic E-state index is 0.464. The lowest BCUT2D eigenvalue weighted by atomic mass is 9.95. The number of benzene rings is 2. The van der Waals surface area contributed by atoms with Gasteiger partial charge in [0, 0.05) is 4.83 Å². The van der Waals surface area contributed by atoms with Gasteiger partial charge in [0.25, 0.3) is 0 Å². The largest absolute Gasteiger partial charge is 0.0835 e. The molecule has 1 atom stereocenters. The second-order valence-electron chi connectivity index (χ2n) is 5.43. The Morgan fingerprint density at radius 3 is 2.11 bits per heavy atom. The Hall–Kier alpha value is -1.08. The molecule has 19 heavy (non-hydrogen) atoms. The standard InChI is InChI=1S/C18H19Br/c1-2-13-7-9-14(10-8-13)18(19)17-11-15-5-3-4-6-16(15)12-17/h3-10,17-18H,2,11-12H2,1H3. The number of rotatable bonds is 3. The van der Waals surface area contributed by atoms with E-state index in [9.17, 15) is 0 Å². The van der Waals surface area contributed by atoms with Gasteiger partial charge in [0.2, 0.25) is 0 Å². The molecule has 0 saturated carbocycles. The molecule has 2 aromatic carbocycles. The summed E-state index contributed by atoms with van der Waals surface area (Å²) in [5, 5.41) is 0. The SMILES string of the molecule is CCc1ccc(C(Br)C2Cc3ccccc3C2)cc1. The number of fused-ring (bicyclic) bond motifs is 1. The first-order chi connectivity index (χ1) is 9.28. The molecule has 1 aliphatic rings. The Kier molecular flexibility index (Phi) is 3.74. The Labute approximate surface area is 124 Å². The van der Waals surface area contributed by atoms with Gasteiger partial charge in [-0.1, -0.05) is 71.4 Å². The van der Waals surface area contributed by atoms with Crippen molar-refractivity contribution in [3.05, 3.63) is 70.8 Å². The number of aryl methyl sites for hydroxylation is 1. The van der Waals surface area contributed by atoms with Gasteiger partial charge in [0.05, 0.1) is 0 Å². The number of alkyl halides is 1. The van der Waals surface area contributed by atoms with Gasteiger partial charge in [0.15, 0.2) is 0 Å². The molecule has 0 spiro atoms. The maximum absolute atomic E-state index is 3.92. The first kappa shape index (κ1) is 12.9. The Morgan fingerprint density at radius 2 is 1.58 bits per heavy atom. The molecule has 0 bridgehead atoms. The van der Waals surface area contributed by atoms with Crippen LogP contribution in [0.25, 0.3) is 0 Å². The van der Waals surface area contributed by atoms with Crippen LogP contribution in [0.1, 0.15) is 34.0 Å². The molecular formula is C18H19Br. The van der Waals surface area contributed by atoms with E-state index in [0.29, 0.717) is 10.7 Å². The summed E-state index contributed by atoms with van der Waals surface area (Å²) in [7, 11) is 0. The van der Waals surface area contributed by atoms with Crippen LogP contribution in [-0.2, 0) is 19.3 Å². The fourth-order valence-corrected chi connectivity index (χ4v) is 3.69. The Balaban J connectivity index is 1.77. The minimum absolute atomic E-state index is 0.464. The molecule has 0 radical (unpaired) electrons. The summed E-state index contributed by atoms with van der Waals surface area (Å²) >= 11 is 3.92. The lowest BCUT2D eigenvalue weighted by Gasteiger charge is -2.18. The average Bonchev–Trinajstić information content (AvgIpc) is 2.90. The molecule has 0 nitrogen and oxygen atoms in total. The van der Waals surface area contributed by atoms with Crippen molar-refractivity contribution in [3.8, 4) is 0 Å². The molecule has 1 aliphatic carbocycles. The number of halogens is 1. The summed E-state index contributed by atoms with van der Waals surface area (Å²) in [4.78, 5) is 0.464. The van der Waals surface area contributed by atoms with Crippen molar-refractivity contribution in [1.29, 1.82) is 0 Å². The molecule has 2 aromatic rings. The molecule has 0 aliphatic heterocycles. The molecule has 0 saturated heterocycles. The van der Waals surface area contributed by atoms with E-state index in [1.54, 1.807) is 0 Å². The van der Waals surface area contributed by atoms with Gasteiger partial charge in [0.1, 0.15) is 0 Å². The highest BCUT2D eigenvalue weighted by molar-refractivity contribution is 9.09. The minimum Gasteiger partial charge on any atom is -0.0835 e. The third-order valence-corrected chi connectivity index (χ3v) is 5.48. The third kappa shape index (κ3) is 2.62. The average molecular weight is 315 g/mol. The lowest BCUT2D eigenvalue weighted by Crippen LogP contribution is -2.07. The quantitative estimate of drug-likeness (QED) is 0.691. The molecule has 0 heterocycles. The smallest absolute Gasteiger partial charge is 0.0429 e. The highest BCUT2D eigenvalue weighted by Gasteiger charge is 2.27. The molecule has 1 unspecified atom stereocenters. The van der Waals surface area contributed by atoms with Crippen LogP contribution >= 0.6 is 15.9 Å². The molecule has 0 aromatic heterocycles. The summed E-state index contributed by atoms with van der Waals surface area (Å²) in [5.74, 6) is 0.685. The summed E-state index contributed by atoms with van der Waals surface area (Å²) in [5.41, 5.74) is 5.89. The molecular weight excluding hydrogens is 296 g/mol. The molecule has 0 amide bonds. The predicted octanol–water partition coefficient (Wildman–Crippen LogP) is 5.10. The van der Waals surface area contributed by atoms with Crippen LogP contribution < -0.4 is 0 Å². The van der Waals surface area contributed by atoms with Crippen LogP contribution in [0.3, 0.4) is 0 Å². The third-order valence-electron chi connectivity index (χ3n) is 4.20. The van der Waals surface area contributed by atoms with E-state index in [2.05, 4.69) is 71.4 Å². The van der Waals surface area contributed by atoms with Crippen molar-refractivity contribution >= 4 is 15.9 Å². The summed E-state index contributed by atoms with van der Waals surface area (Å²) in [6.45, 7) is 2.20. The van der Waals surface area contributed by atoms with E-state index in [1.165, 1.54) is 35.1 Å². The van der Waals surface area contributed by atoms with E-state index in [-0.39, 0.29) is 0 Å². The highest BCUT2D eigenvalue weighted by Crippen LogP contribution is 2.40. The summed E-state index contributed by atoms with van der Waals surface area (Å²) in [6, 6.07) is 17.9. The Morgan fingerprint density at radius 1 is 1.00 bits per heavy atom. The Bertz CT molecular complexity index is 531.